The van der Waals surface area contributed by atoms with E-state index in [4.69, 9.17) is 17.3 Å². The maximum absolute atomic E-state index is 12.3. The van der Waals surface area contributed by atoms with Gasteiger partial charge < -0.3 is 10.6 Å². The summed E-state index contributed by atoms with van der Waals surface area (Å²) in [6.45, 7) is 4.44. The van der Waals surface area contributed by atoms with Crippen LogP contribution in [0.1, 0.15) is 29.4 Å². The molecule has 1 aromatic heterocycles. The van der Waals surface area contributed by atoms with Gasteiger partial charge >= 0.3 is 0 Å². The van der Waals surface area contributed by atoms with Crippen LogP contribution in [0.2, 0.25) is 5.15 Å². The molecule has 6 heteroatoms. The average Bonchev–Trinajstić information content (AvgIpc) is 2.71. The molecule has 5 nitrogen and oxygen atoms in total. The first-order valence-corrected chi connectivity index (χ1v) is 6.43. The molecule has 0 aromatic carbocycles. The zero-order valence-electron chi connectivity index (χ0n) is 10.9. The first-order chi connectivity index (χ1) is 8.82. The Bertz CT molecular complexity index is 526. The molecule has 1 aliphatic rings. The van der Waals surface area contributed by atoms with Crippen LogP contribution in [-0.2, 0) is 4.79 Å². The topological polar surface area (TPSA) is 76.3 Å². The quantitative estimate of drug-likeness (QED) is 0.832. The second kappa shape index (κ2) is 4.81. The number of halogens is 1. The van der Waals surface area contributed by atoms with E-state index in [0.717, 1.165) is 0 Å². The molecule has 0 aliphatic carbocycles. The van der Waals surface area contributed by atoms with E-state index >= 15 is 0 Å². The summed E-state index contributed by atoms with van der Waals surface area (Å²) in [4.78, 5) is 29.4. The monoisotopic (exact) mass is 281 g/mol. The van der Waals surface area contributed by atoms with E-state index in [-0.39, 0.29) is 11.8 Å². The maximum atomic E-state index is 12.3. The molecule has 1 unspecified atom stereocenters. The van der Waals surface area contributed by atoms with Crippen LogP contribution in [0.5, 0.6) is 0 Å². The van der Waals surface area contributed by atoms with Crippen molar-refractivity contribution >= 4 is 23.4 Å². The molecule has 102 valence electrons. The molecule has 0 radical (unpaired) electrons. The number of rotatable bonds is 2. The Hall–Kier alpha value is -1.62. The molecule has 1 aromatic rings. The van der Waals surface area contributed by atoms with E-state index in [9.17, 15) is 9.59 Å². The van der Waals surface area contributed by atoms with Gasteiger partial charge in [-0.15, -0.1) is 0 Å². The highest BCUT2D eigenvalue weighted by atomic mass is 35.5. The smallest absolute Gasteiger partial charge is 0.254 e. The van der Waals surface area contributed by atoms with Crippen molar-refractivity contribution < 1.29 is 9.59 Å². The minimum Gasteiger partial charge on any atom is -0.369 e. The van der Waals surface area contributed by atoms with Gasteiger partial charge in [0.25, 0.3) is 5.91 Å². The Morgan fingerprint density at radius 1 is 1.47 bits per heavy atom. The highest BCUT2D eigenvalue weighted by Gasteiger charge is 2.40. The fraction of sp³-hybridized carbons (Fsp3) is 0.462. The van der Waals surface area contributed by atoms with Crippen molar-refractivity contribution in [1.29, 1.82) is 0 Å². The fourth-order valence-electron chi connectivity index (χ4n) is 2.27. The number of carbonyl (C=O) groups excluding carboxylic acids is 2. The molecule has 2 N–H and O–H groups in total. The van der Waals surface area contributed by atoms with Crippen LogP contribution in [0, 0.1) is 12.3 Å². The Kier molecular flexibility index (Phi) is 3.49. The zero-order valence-corrected chi connectivity index (χ0v) is 11.7. The van der Waals surface area contributed by atoms with Crippen LogP contribution in [0.15, 0.2) is 12.1 Å². The molecule has 0 spiro atoms. The number of nitrogens with two attached hydrogens (primary N) is 1. The lowest BCUT2D eigenvalue weighted by molar-refractivity contribution is -0.126. The lowest BCUT2D eigenvalue weighted by Crippen LogP contribution is -2.38. The highest BCUT2D eigenvalue weighted by Crippen LogP contribution is 2.30. The van der Waals surface area contributed by atoms with Crippen LogP contribution in [-0.4, -0.2) is 34.8 Å². The predicted molar refractivity (Wildman–Crippen MR) is 71.8 cm³/mol. The number of carbonyl (C=O) groups is 2. The molecule has 1 fully saturated rings. The number of amides is 2. The third-order valence-corrected chi connectivity index (χ3v) is 3.72. The van der Waals surface area contributed by atoms with Crippen molar-refractivity contribution in [2.24, 2.45) is 11.1 Å². The summed E-state index contributed by atoms with van der Waals surface area (Å²) < 4.78 is 0. The SMILES string of the molecule is Cc1cc(C(=O)N2CCC(C)(C(N)=O)C2)cc(Cl)n1. The summed E-state index contributed by atoms with van der Waals surface area (Å²) in [6, 6.07) is 3.23. The minimum absolute atomic E-state index is 0.141. The van der Waals surface area contributed by atoms with Crippen molar-refractivity contribution in [2.75, 3.05) is 13.1 Å². The standard InChI is InChI=1S/C13H16ClN3O2/c1-8-5-9(6-10(14)16-8)11(18)17-4-3-13(2,7-17)12(15)19/h5-6H,3-4,7H2,1-2H3,(H2,15,19). The van der Waals surface area contributed by atoms with Gasteiger partial charge in [-0.3, -0.25) is 9.59 Å². The molecule has 2 rings (SSSR count). The molecule has 1 atom stereocenters. The van der Waals surface area contributed by atoms with E-state index in [1.165, 1.54) is 6.07 Å². The lowest BCUT2D eigenvalue weighted by atomic mass is 9.89. The molecule has 1 aliphatic heterocycles. The summed E-state index contributed by atoms with van der Waals surface area (Å²) in [7, 11) is 0. The first-order valence-electron chi connectivity index (χ1n) is 6.05. The molecular formula is C13H16ClN3O2. The lowest BCUT2D eigenvalue weighted by Gasteiger charge is -2.21. The van der Waals surface area contributed by atoms with Gasteiger partial charge in [0, 0.05) is 24.3 Å². The number of primary amides is 1. The Balaban J connectivity index is 2.20. The van der Waals surface area contributed by atoms with Gasteiger partial charge in [0.15, 0.2) is 0 Å². The molecular weight excluding hydrogens is 266 g/mol. The first kappa shape index (κ1) is 13.8. The van der Waals surface area contributed by atoms with Gasteiger partial charge in [0.2, 0.25) is 5.91 Å². The maximum Gasteiger partial charge on any atom is 0.254 e. The number of aromatic nitrogens is 1. The molecule has 19 heavy (non-hydrogen) atoms. The van der Waals surface area contributed by atoms with Crippen molar-refractivity contribution in [3.63, 3.8) is 0 Å². The Labute approximate surface area is 116 Å². The second-order valence-corrected chi connectivity index (χ2v) is 5.61. The number of aryl methyl sites for hydroxylation is 1. The average molecular weight is 282 g/mol. The highest BCUT2D eigenvalue weighted by molar-refractivity contribution is 6.29. The van der Waals surface area contributed by atoms with Crippen LogP contribution >= 0.6 is 11.6 Å². The largest absolute Gasteiger partial charge is 0.369 e. The summed E-state index contributed by atoms with van der Waals surface area (Å²) in [5, 5.41) is 0.292. The van der Waals surface area contributed by atoms with Gasteiger partial charge in [-0.05, 0) is 32.4 Å². The van der Waals surface area contributed by atoms with E-state index in [2.05, 4.69) is 4.98 Å². The third-order valence-electron chi connectivity index (χ3n) is 3.52. The van der Waals surface area contributed by atoms with Crippen LogP contribution in [0.4, 0.5) is 0 Å². The van der Waals surface area contributed by atoms with Gasteiger partial charge in [-0.2, -0.15) is 0 Å². The number of nitrogens with zero attached hydrogens (tertiary/aromatic N) is 2. The summed E-state index contributed by atoms with van der Waals surface area (Å²) in [5.74, 6) is -0.510. The molecule has 1 saturated heterocycles. The van der Waals surface area contributed by atoms with Gasteiger partial charge in [-0.25, -0.2) is 4.98 Å². The number of pyridine rings is 1. The van der Waals surface area contributed by atoms with Crippen molar-refractivity contribution in [2.45, 2.75) is 20.3 Å². The van der Waals surface area contributed by atoms with Crippen LogP contribution < -0.4 is 5.73 Å². The normalized spacial score (nSPS) is 22.6. The number of likely N-dealkylation sites (tertiary alicyclic amines) is 1. The number of hydrogen-bond acceptors (Lipinski definition) is 3. The zero-order chi connectivity index (χ0) is 14.2. The summed E-state index contributed by atoms with van der Waals surface area (Å²) in [5.41, 5.74) is 5.92. The fourth-order valence-corrected chi connectivity index (χ4v) is 2.52. The Morgan fingerprint density at radius 2 is 2.16 bits per heavy atom. The van der Waals surface area contributed by atoms with E-state index < -0.39 is 5.41 Å². The third kappa shape index (κ3) is 2.71. The minimum atomic E-state index is -0.637. The summed E-state index contributed by atoms with van der Waals surface area (Å²) >= 11 is 5.85. The van der Waals surface area contributed by atoms with Gasteiger partial charge in [0.1, 0.15) is 5.15 Å². The molecule has 0 bridgehead atoms. The van der Waals surface area contributed by atoms with Crippen molar-refractivity contribution in [1.82, 2.24) is 9.88 Å². The predicted octanol–water partition coefficient (Wildman–Crippen LogP) is 1.38. The molecule has 0 saturated carbocycles. The van der Waals surface area contributed by atoms with Crippen LogP contribution in [0.25, 0.3) is 0 Å². The van der Waals surface area contributed by atoms with Crippen LogP contribution in [0.3, 0.4) is 0 Å². The second-order valence-electron chi connectivity index (χ2n) is 5.22. The Morgan fingerprint density at radius 3 is 2.68 bits per heavy atom. The number of hydrogen-bond donors (Lipinski definition) is 1. The van der Waals surface area contributed by atoms with E-state index in [1.54, 1.807) is 24.8 Å². The summed E-state index contributed by atoms with van der Waals surface area (Å²) in [6.07, 6.45) is 0.589. The molecule has 2 heterocycles. The van der Waals surface area contributed by atoms with Crippen molar-refractivity contribution in [3.05, 3.63) is 28.5 Å². The molecule has 2 amide bonds. The van der Waals surface area contributed by atoms with E-state index in [1.807, 2.05) is 0 Å². The van der Waals surface area contributed by atoms with Gasteiger partial charge in [0.05, 0.1) is 5.41 Å². The van der Waals surface area contributed by atoms with E-state index in [0.29, 0.717) is 35.9 Å². The van der Waals surface area contributed by atoms with Gasteiger partial charge in [-0.1, -0.05) is 11.6 Å². The van der Waals surface area contributed by atoms with Crippen molar-refractivity contribution in [3.8, 4) is 0 Å².